The number of aliphatic hydroxyl groups excluding tert-OH is 1. The van der Waals surface area contributed by atoms with Gasteiger partial charge >= 0.3 is 11.9 Å². The SMILES string of the molecule is C=CCOCC1OC(O)C(OC(=O)c2ccccc2)C(OCC=C)C1OC(=O)c1ccccc1. The van der Waals surface area contributed by atoms with Crippen LogP contribution < -0.4 is 0 Å². The Morgan fingerprint density at radius 1 is 0.824 bits per heavy atom. The van der Waals surface area contributed by atoms with Crippen LogP contribution in [0.1, 0.15) is 20.7 Å². The molecule has 1 N–H and O–H groups in total. The van der Waals surface area contributed by atoms with Crippen molar-refractivity contribution in [3.63, 3.8) is 0 Å². The van der Waals surface area contributed by atoms with Gasteiger partial charge in [-0.15, -0.1) is 13.2 Å². The monoisotopic (exact) mass is 468 g/mol. The highest BCUT2D eigenvalue weighted by Gasteiger charge is 2.50. The number of carbonyl (C=O) groups is 2. The molecule has 34 heavy (non-hydrogen) atoms. The van der Waals surface area contributed by atoms with Crippen LogP contribution in [0.2, 0.25) is 0 Å². The molecule has 5 unspecified atom stereocenters. The highest BCUT2D eigenvalue weighted by atomic mass is 16.7. The Balaban J connectivity index is 1.88. The smallest absolute Gasteiger partial charge is 0.338 e. The van der Waals surface area contributed by atoms with E-state index in [0.29, 0.717) is 5.56 Å². The van der Waals surface area contributed by atoms with Crippen molar-refractivity contribution in [1.29, 1.82) is 0 Å². The van der Waals surface area contributed by atoms with Gasteiger partial charge in [0, 0.05) is 0 Å². The van der Waals surface area contributed by atoms with Crippen molar-refractivity contribution in [3.8, 4) is 0 Å². The second kappa shape index (κ2) is 12.8. The zero-order chi connectivity index (χ0) is 24.3. The van der Waals surface area contributed by atoms with Crippen LogP contribution in [0.25, 0.3) is 0 Å². The summed E-state index contributed by atoms with van der Waals surface area (Å²) in [6, 6.07) is 16.7. The van der Waals surface area contributed by atoms with Gasteiger partial charge in [0.15, 0.2) is 18.5 Å². The lowest BCUT2D eigenvalue weighted by Gasteiger charge is -2.43. The molecule has 1 aliphatic heterocycles. The predicted molar refractivity (Wildman–Crippen MR) is 123 cm³/mol. The maximum absolute atomic E-state index is 12.9. The summed E-state index contributed by atoms with van der Waals surface area (Å²) in [6.45, 7) is 7.49. The van der Waals surface area contributed by atoms with Crippen molar-refractivity contribution in [1.82, 2.24) is 0 Å². The molecule has 2 aromatic rings. The first-order valence-corrected chi connectivity index (χ1v) is 10.8. The molecule has 1 aliphatic rings. The first-order chi connectivity index (χ1) is 16.5. The number of ether oxygens (including phenoxy) is 5. The van der Waals surface area contributed by atoms with E-state index in [1.807, 2.05) is 0 Å². The zero-order valence-corrected chi connectivity index (χ0v) is 18.7. The minimum absolute atomic E-state index is 0.0247. The summed E-state index contributed by atoms with van der Waals surface area (Å²) >= 11 is 0. The molecule has 180 valence electrons. The topological polar surface area (TPSA) is 101 Å². The van der Waals surface area contributed by atoms with E-state index in [2.05, 4.69) is 13.2 Å². The lowest BCUT2D eigenvalue weighted by Crippen LogP contribution is -2.62. The zero-order valence-electron chi connectivity index (χ0n) is 18.7. The molecule has 3 rings (SSSR count). The van der Waals surface area contributed by atoms with E-state index >= 15 is 0 Å². The summed E-state index contributed by atoms with van der Waals surface area (Å²) in [4.78, 5) is 25.6. The van der Waals surface area contributed by atoms with Gasteiger partial charge in [0.1, 0.15) is 12.2 Å². The van der Waals surface area contributed by atoms with Gasteiger partial charge in [-0.1, -0.05) is 48.6 Å². The Morgan fingerprint density at radius 3 is 1.88 bits per heavy atom. The van der Waals surface area contributed by atoms with Crippen LogP contribution in [-0.2, 0) is 23.7 Å². The predicted octanol–water partition coefficient (Wildman–Crippen LogP) is 2.93. The van der Waals surface area contributed by atoms with Gasteiger partial charge in [0.05, 0.1) is 30.9 Å². The summed E-state index contributed by atoms with van der Waals surface area (Å²) in [5.41, 5.74) is 0.603. The van der Waals surface area contributed by atoms with Crippen LogP contribution in [0, 0.1) is 0 Å². The summed E-state index contributed by atoms with van der Waals surface area (Å²) in [5, 5.41) is 10.7. The third-order valence-corrected chi connectivity index (χ3v) is 5.04. The van der Waals surface area contributed by atoms with E-state index < -0.39 is 42.6 Å². The highest BCUT2D eigenvalue weighted by molar-refractivity contribution is 5.90. The quantitative estimate of drug-likeness (QED) is 0.305. The minimum atomic E-state index is -1.55. The lowest BCUT2D eigenvalue weighted by molar-refractivity contribution is -0.292. The molecule has 2 aromatic carbocycles. The summed E-state index contributed by atoms with van der Waals surface area (Å²) in [5.74, 6) is -1.31. The summed E-state index contributed by atoms with van der Waals surface area (Å²) in [6.07, 6.45) is -2.79. The van der Waals surface area contributed by atoms with Gasteiger partial charge in [-0.25, -0.2) is 9.59 Å². The average molecular weight is 469 g/mol. The van der Waals surface area contributed by atoms with E-state index in [1.54, 1.807) is 66.7 Å². The van der Waals surface area contributed by atoms with Gasteiger partial charge in [-0.2, -0.15) is 0 Å². The minimum Gasteiger partial charge on any atom is -0.453 e. The number of esters is 2. The highest BCUT2D eigenvalue weighted by Crippen LogP contribution is 2.29. The number of benzene rings is 2. The van der Waals surface area contributed by atoms with Gasteiger partial charge in [-0.3, -0.25) is 0 Å². The Labute approximate surface area is 198 Å². The van der Waals surface area contributed by atoms with Gasteiger partial charge in [0.2, 0.25) is 0 Å². The molecule has 0 spiro atoms. The molecule has 5 atom stereocenters. The first kappa shape index (κ1) is 25.3. The molecule has 1 fully saturated rings. The Hall–Kier alpha value is -3.30. The fraction of sp³-hybridized carbons (Fsp3) is 0.308. The molecule has 0 amide bonds. The molecule has 8 nitrogen and oxygen atoms in total. The van der Waals surface area contributed by atoms with Crippen LogP contribution in [-0.4, -0.2) is 67.6 Å². The van der Waals surface area contributed by atoms with E-state index in [9.17, 15) is 14.7 Å². The van der Waals surface area contributed by atoms with Crippen molar-refractivity contribution >= 4 is 11.9 Å². The molecule has 0 aliphatic carbocycles. The number of aliphatic hydroxyl groups is 1. The first-order valence-electron chi connectivity index (χ1n) is 10.8. The average Bonchev–Trinajstić information content (AvgIpc) is 2.87. The third-order valence-electron chi connectivity index (χ3n) is 5.04. The number of hydrogen-bond donors (Lipinski definition) is 1. The molecular weight excluding hydrogens is 440 g/mol. The summed E-state index contributed by atoms with van der Waals surface area (Å²) in [7, 11) is 0. The molecule has 0 saturated carbocycles. The van der Waals surface area contributed by atoms with Crippen molar-refractivity contribution in [2.24, 2.45) is 0 Å². The van der Waals surface area contributed by atoms with E-state index in [1.165, 1.54) is 6.08 Å². The van der Waals surface area contributed by atoms with Gasteiger partial charge in [0.25, 0.3) is 0 Å². The third kappa shape index (κ3) is 6.61. The van der Waals surface area contributed by atoms with Crippen molar-refractivity contribution in [2.75, 3.05) is 19.8 Å². The molecule has 0 radical (unpaired) electrons. The molecule has 0 aromatic heterocycles. The fourth-order valence-corrected chi connectivity index (χ4v) is 3.47. The van der Waals surface area contributed by atoms with Gasteiger partial charge < -0.3 is 28.8 Å². The van der Waals surface area contributed by atoms with E-state index in [0.717, 1.165) is 0 Å². The lowest BCUT2D eigenvalue weighted by atomic mass is 9.98. The number of carbonyl (C=O) groups excluding carboxylic acids is 2. The summed E-state index contributed by atoms with van der Waals surface area (Å²) < 4.78 is 28.4. The number of rotatable bonds is 11. The molecule has 1 saturated heterocycles. The molecular formula is C26H28O8. The Kier molecular flexibility index (Phi) is 9.54. The van der Waals surface area contributed by atoms with Crippen LogP contribution in [0.15, 0.2) is 86.0 Å². The number of hydrogen-bond acceptors (Lipinski definition) is 8. The molecule has 8 heteroatoms. The van der Waals surface area contributed by atoms with Crippen LogP contribution in [0.4, 0.5) is 0 Å². The van der Waals surface area contributed by atoms with E-state index in [-0.39, 0.29) is 25.4 Å². The van der Waals surface area contributed by atoms with Crippen molar-refractivity contribution in [2.45, 2.75) is 30.7 Å². The van der Waals surface area contributed by atoms with Gasteiger partial charge in [-0.05, 0) is 24.3 Å². The second-order valence-corrected chi connectivity index (χ2v) is 7.45. The standard InChI is InChI=1S/C26H28O8/c1-3-15-30-17-20-21(33-24(27)18-11-7-5-8-12-18)22(31-16-4-2)23(26(29)32-20)34-25(28)19-13-9-6-10-14-19/h3-14,20-23,26,29H,1-2,15-17H2. The maximum Gasteiger partial charge on any atom is 0.338 e. The maximum atomic E-state index is 12.9. The Morgan fingerprint density at radius 2 is 1.35 bits per heavy atom. The van der Waals surface area contributed by atoms with Crippen LogP contribution in [0.3, 0.4) is 0 Å². The second-order valence-electron chi connectivity index (χ2n) is 7.45. The van der Waals surface area contributed by atoms with E-state index in [4.69, 9.17) is 23.7 Å². The van der Waals surface area contributed by atoms with Crippen LogP contribution >= 0.6 is 0 Å². The van der Waals surface area contributed by atoms with Crippen LogP contribution in [0.5, 0.6) is 0 Å². The van der Waals surface area contributed by atoms with Crippen molar-refractivity contribution < 1.29 is 38.4 Å². The fourth-order valence-electron chi connectivity index (χ4n) is 3.47. The molecule has 0 bridgehead atoms. The molecule has 1 heterocycles. The largest absolute Gasteiger partial charge is 0.453 e. The normalized spacial score (nSPS) is 24.1. The Bertz CT molecular complexity index is 946. The van der Waals surface area contributed by atoms with Crippen molar-refractivity contribution in [3.05, 3.63) is 97.1 Å².